The van der Waals surface area contributed by atoms with Crippen molar-refractivity contribution in [1.29, 1.82) is 5.26 Å². The van der Waals surface area contributed by atoms with Crippen LogP contribution < -0.4 is 5.32 Å². The second kappa shape index (κ2) is 11.0. The molecule has 0 aromatic heterocycles. The minimum absolute atomic E-state index is 0.0299. The lowest BCUT2D eigenvalue weighted by Crippen LogP contribution is -2.38. The lowest BCUT2D eigenvalue weighted by Gasteiger charge is -2.34. The van der Waals surface area contributed by atoms with Crippen LogP contribution in [0.5, 0.6) is 0 Å². The van der Waals surface area contributed by atoms with Gasteiger partial charge in [-0.3, -0.25) is 14.6 Å². The van der Waals surface area contributed by atoms with Crippen molar-refractivity contribution in [2.45, 2.75) is 76.3 Å². The number of nitrogens with one attached hydrogen (secondary N) is 1. The summed E-state index contributed by atoms with van der Waals surface area (Å²) in [5.74, 6) is 1.32. The number of methoxy groups -OCH3 is 1. The van der Waals surface area contributed by atoms with Gasteiger partial charge >= 0.3 is 5.97 Å². The summed E-state index contributed by atoms with van der Waals surface area (Å²) >= 11 is 0. The molecule has 2 aromatic rings. The highest BCUT2D eigenvalue weighted by Gasteiger charge is 2.34. The highest BCUT2D eigenvalue weighted by Crippen LogP contribution is 2.43. The average Bonchev–Trinajstić information content (AvgIpc) is 3.26. The monoisotopic (exact) mass is 512 g/mol. The number of likely N-dealkylation sites (tertiary alicyclic amines) is 1. The third kappa shape index (κ3) is 5.18. The van der Waals surface area contributed by atoms with Gasteiger partial charge in [0.2, 0.25) is 0 Å². The van der Waals surface area contributed by atoms with E-state index in [0.717, 1.165) is 42.4 Å². The van der Waals surface area contributed by atoms with Crippen LogP contribution in [0.4, 0.5) is 0 Å². The fourth-order valence-corrected chi connectivity index (χ4v) is 6.03. The number of amides is 1. The normalized spacial score (nSPS) is 21.7. The lowest BCUT2D eigenvalue weighted by atomic mass is 9.75. The number of amidine groups is 1. The van der Waals surface area contributed by atoms with Crippen molar-refractivity contribution >= 4 is 17.7 Å². The maximum Gasteiger partial charge on any atom is 0.313 e. The molecule has 2 aliphatic heterocycles. The van der Waals surface area contributed by atoms with Gasteiger partial charge in [0.05, 0.1) is 30.8 Å². The molecular weight excluding hydrogens is 476 g/mol. The lowest BCUT2D eigenvalue weighted by molar-refractivity contribution is -0.139. The molecule has 5 rings (SSSR count). The number of aliphatic imine (C=N–C) groups is 1. The Labute approximate surface area is 224 Å². The van der Waals surface area contributed by atoms with E-state index in [-0.39, 0.29) is 30.4 Å². The molecular formula is C31H36N4O3. The van der Waals surface area contributed by atoms with Crippen LogP contribution in [0.25, 0.3) is 0 Å². The number of nitrogens with zero attached hydrogens (tertiary/aromatic N) is 3. The summed E-state index contributed by atoms with van der Waals surface area (Å²) < 4.78 is 4.83. The average molecular weight is 513 g/mol. The van der Waals surface area contributed by atoms with Crippen molar-refractivity contribution in [3.63, 3.8) is 0 Å². The maximum absolute atomic E-state index is 13.8. The quantitative estimate of drug-likeness (QED) is 0.540. The number of ether oxygens (including phenoxy) is 1. The van der Waals surface area contributed by atoms with Crippen molar-refractivity contribution in [2.75, 3.05) is 20.2 Å². The highest BCUT2D eigenvalue weighted by molar-refractivity contribution is 5.99. The molecule has 2 atom stereocenters. The van der Waals surface area contributed by atoms with Gasteiger partial charge in [0.25, 0.3) is 5.91 Å². The number of carbonyl (C=O) groups is 2. The molecule has 1 saturated carbocycles. The predicted molar refractivity (Wildman–Crippen MR) is 146 cm³/mol. The first-order chi connectivity index (χ1) is 18.4. The van der Waals surface area contributed by atoms with Crippen LogP contribution in [-0.4, -0.2) is 48.9 Å². The zero-order valence-electron chi connectivity index (χ0n) is 22.5. The van der Waals surface area contributed by atoms with Crippen LogP contribution in [0.2, 0.25) is 0 Å². The number of rotatable bonds is 6. The largest absolute Gasteiger partial charge is 0.469 e. The zero-order chi connectivity index (χ0) is 26.8. The molecule has 2 fully saturated rings. The van der Waals surface area contributed by atoms with Crippen molar-refractivity contribution in [3.8, 4) is 6.07 Å². The Balaban J connectivity index is 1.37. The molecule has 0 bridgehead atoms. The van der Waals surface area contributed by atoms with Gasteiger partial charge in [-0.25, -0.2) is 0 Å². The molecule has 0 radical (unpaired) electrons. The molecule has 7 nitrogen and oxygen atoms in total. The second-order valence-electron chi connectivity index (χ2n) is 10.9. The molecule has 2 heterocycles. The Morgan fingerprint density at radius 3 is 2.39 bits per heavy atom. The summed E-state index contributed by atoms with van der Waals surface area (Å²) in [5, 5.41) is 12.4. The van der Waals surface area contributed by atoms with E-state index in [0.29, 0.717) is 36.3 Å². The van der Waals surface area contributed by atoms with Crippen molar-refractivity contribution < 1.29 is 14.3 Å². The summed E-state index contributed by atoms with van der Waals surface area (Å²) in [7, 11) is 1.39. The van der Waals surface area contributed by atoms with E-state index in [1.165, 1.54) is 24.7 Å². The van der Waals surface area contributed by atoms with Crippen molar-refractivity contribution in [1.82, 2.24) is 10.2 Å². The Bertz CT molecular complexity index is 1280. The van der Waals surface area contributed by atoms with Gasteiger partial charge in [-0.15, -0.1) is 0 Å². The van der Waals surface area contributed by atoms with Gasteiger partial charge in [-0.05, 0) is 91.8 Å². The SMILES string of the molecule is COC(=O)CC1=NC(c2cc(C(=O)N3CCC(c4ccc(C#N)cc4)CC3)c(C)cc2C2CCC2)C(C)N1. The predicted octanol–water partition coefficient (Wildman–Crippen LogP) is 5.15. The van der Waals surface area contributed by atoms with E-state index in [1.807, 2.05) is 36.1 Å². The van der Waals surface area contributed by atoms with E-state index in [2.05, 4.69) is 30.4 Å². The summed E-state index contributed by atoms with van der Waals surface area (Å²) in [6.07, 6.45) is 5.50. The Hall–Kier alpha value is -3.66. The minimum atomic E-state index is -0.313. The van der Waals surface area contributed by atoms with Gasteiger partial charge < -0.3 is 15.0 Å². The standard InChI is InChI=1S/C31H36N4O3/c1-19-15-26(24-5-4-6-24)27(30-20(2)33-28(34-30)17-29(36)38-3)16-25(19)31(37)35-13-11-23(12-14-35)22-9-7-21(18-32)8-10-22/h7-10,15-16,20,23-24,30H,4-6,11-14,17H2,1-3H3,(H,33,34). The highest BCUT2D eigenvalue weighted by atomic mass is 16.5. The Morgan fingerprint density at radius 2 is 1.79 bits per heavy atom. The number of piperidine rings is 1. The van der Waals surface area contributed by atoms with Crippen LogP contribution in [0.3, 0.4) is 0 Å². The molecule has 1 N–H and O–H groups in total. The first-order valence-corrected chi connectivity index (χ1v) is 13.7. The number of aryl methyl sites for hydroxylation is 1. The number of benzene rings is 2. The number of esters is 1. The van der Waals surface area contributed by atoms with Gasteiger partial charge in [0.15, 0.2) is 0 Å². The fraction of sp³-hybridized carbons (Fsp3) is 0.484. The zero-order valence-corrected chi connectivity index (χ0v) is 22.5. The molecule has 38 heavy (non-hydrogen) atoms. The third-order valence-corrected chi connectivity index (χ3v) is 8.52. The molecule has 0 spiro atoms. The van der Waals surface area contributed by atoms with Crippen LogP contribution in [0.1, 0.15) is 102 Å². The Morgan fingerprint density at radius 1 is 1.08 bits per heavy atom. The number of hydrogen-bond donors (Lipinski definition) is 1. The molecule has 1 saturated heterocycles. The number of carbonyl (C=O) groups excluding carboxylic acids is 2. The van der Waals surface area contributed by atoms with E-state index in [1.54, 1.807) is 0 Å². The number of nitriles is 1. The first kappa shape index (κ1) is 26.0. The van der Waals surface area contributed by atoms with Crippen molar-refractivity contribution in [3.05, 3.63) is 69.8 Å². The maximum atomic E-state index is 13.8. The molecule has 198 valence electrons. The summed E-state index contributed by atoms with van der Waals surface area (Å²) in [4.78, 5) is 32.5. The summed E-state index contributed by atoms with van der Waals surface area (Å²) in [6.45, 7) is 5.56. The second-order valence-corrected chi connectivity index (χ2v) is 10.9. The van der Waals surface area contributed by atoms with Gasteiger partial charge in [-0.2, -0.15) is 5.26 Å². The third-order valence-electron chi connectivity index (χ3n) is 8.52. The molecule has 7 heteroatoms. The summed E-state index contributed by atoms with van der Waals surface area (Å²) in [5.41, 5.74) is 6.09. The van der Waals surface area contributed by atoms with Gasteiger partial charge in [0, 0.05) is 18.7 Å². The number of hydrogen-bond acceptors (Lipinski definition) is 6. The van der Waals surface area contributed by atoms with Gasteiger partial charge in [0.1, 0.15) is 12.3 Å². The fourth-order valence-electron chi connectivity index (χ4n) is 6.03. The van der Waals surface area contributed by atoms with Crippen LogP contribution in [-0.2, 0) is 9.53 Å². The van der Waals surface area contributed by atoms with Crippen molar-refractivity contribution in [2.24, 2.45) is 4.99 Å². The minimum Gasteiger partial charge on any atom is -0.469 e. The topological polar surface area (TPSA) is 94.8 Å². The van der Waals surface area contributed by atoms with Gasteiger partial charge in [-0.1, -0.05) is 24.6 Å². The molecule has 1 aliphatic carbocycles. The summed E-state index contributed by atoms with van der Waals surface area (Å²) in [6, 6.07) is 14.2. The van der Waals surface area contributed by atoms with Crippen LogP contribution in [0.15, 0.2) is 41.4 Å². The molecule has 3 aliphatic rings. The molecule has 2 unspecified atom stereocenters. The van der Waals surface area contributed by atoms with E-state index in [4.69, 9.17) is 15.0 Å². The van der Waals surface area contributed by atoms with E-state index >= 15 is 0 Å². The van der Waals surface area contributed by atoms with E-state index < -0.39 is 0 Å². The Kier molecular flexibility index (Phi) is 7.51. The van der Waals surface area contributed by atoms with Crippen LogP contribution in [0, 0.1) is 18.3 Å². The molecule has 1 amide bonds. The first-order valence-electron chi connectivity index (χ1n) is 13.7. The van der Waals surface area contributed by atoms with E-state index in [9.17, 15) is 9.59 Å². The van der Waals surface area contributed by atoms with Crippen LogP contribution >= 0.6 is 0 Å². The molecule has 2 aromatic carbocycles. The smallest absolute Gasteiger partial charge is 0.313 e.